The fourth-order valence-electron chi connectivity index (χ4n) is 3.04. The van der Waals surface area contributed by atoms with E-state index in [1.54, 1.807) is 38.0 Å². The molecule has 1 heterocycles. The van der Waals surface area contributed by atoms with E-state index in [4.69, 9.17) is 18.9 Å². The summed E-state index contributed by atoms with van der Waals surface area (Å²) in [6.45, 7) is 2.46. The van der Waals surface area contributed by atoms with Gasteiger partial charge in [-0.1, -0.05) is 24.3 Å². The van der Waals surface area contributed by atoms with Gasteiger partial charge in [0.15, 0.2) is 0 Å². The number of carbonyl (C=O) groups excluding carboxylic acids is 2. The highest BCUT2D eigenvalue weighted by Gasteiger charge is 2.18. The summed E-state index contributed by atoms with van der Waals surface area (Å²) < 4.78 is 22.4. The number of benzene rings is 2. The molecule has 0 aliphatic heterocycles. The number of aromatic nitrogens is 2. The van der Waals surface area contributed by atoms with Crippen molar-refractivity contribution in [3.8, 4) is 11.5 Å². The van der Waals surface area contributed by atoms with Crippen LogP contribution in [0.15, 0.2) is 60.8 Å². The van der Waals surface area contributed by atoms with Crippen LogP contribution in [0.2, 0.25) is 0 Å². The van der Waals surface area contributed by atoms with Crippen molar-refractivity contribution in [1.29, 1.82) is 0 Å². The zero-order chi connectivity index (χ0) is 23.6. The lowest BCUT2D eigenvalue weighted by Gasteiger charge is -2.08. The van der Waals surface area contributed by atoms with Gasteiger partial charge in [-0.15, -0.1) is 0 Å². The lowest BCUT2D eigenvalue weighted by atomic mass is 10.2. The van der Waals surface area contributed by atoms with E-state index in [0.717, 1.165) is 22.6 Å². The average Bonchev–Trinajstić information content (AvgIpc) is 3.24. The summed E-state index contributed by atoms with van der Waals surface area (Å²) in [6.07, 6.45) is 4.22. The molecule has 3 rings (SSSR count). The average molecular weight is 450 g/mol. The third-order valence-corrected chi connectivity index (χ3v) is 4.78. The summed E-state index contributed by atoms with van der Waals surface area (Å²) >= 11 is 0. The number of ether oxygens (including phenoxy) is 4. The van der Waals surface area contributed by atoms with Crippen molar-refractivity contribution in [3.63, 3.8) is 0 Å². The van der Waals surface area contributed by atoms with E-state index in [0.29, 0.717) is 12.2 Å². The number of hydrogen-bond acceptors (Lipinski definition) is 7. The standard InChI is InChI=1S/C25H26N2O6/c1-4-32-24(28)14-13-23-22(25(29)33-17-19-7-11-21(31-3)12-8-19)15-26-27(23)16-18-5-9-20(30-2)10-6-18/h5-15H,4,16-17H2,1-3H3/b14-13+. The van der Waals surface area contributed by atoms with Crippen LogP contribution in [0.5, 0.6) is 11.5 Å². The topological polar surface area (TPSA) is 88.9 Å². The first-order chi connectivity index (χ1) is 16.0. The van der Waals surface area contributed by atoms with Crippen molar-refractivity contribution in [2.24, 2.45) is 0 Å². The van der Waals surface area contributed by atoms with Crippen LogP contribution in [0.25, 0.3) is 6.08 Å². The van der Waals surface area contributed by atoms with Gasteiger partial charge in [-0.05, 0) is 48.4 Å². The van der Waals surface area contributed by atoms with E-state index >= 15 is 0 Å². The highest BCUT2D eigenvalue weighted by molar-refractivity contribution is 5.95. The molecule has 0 aliphatic rings. The second-order valence-corrected chi connectivity index (χ2v) is 6.96. The number of rotatable bonds is 10. The van der Waals surface area contributed by atoms with Crippen LogP contribution >= 0.6 is 0 Å². The number of carbonyl (C=O) groups is 2. The molecule has 172 valence electrons. The number of methoxy groups -OCH3 is 2. The molecule has 0 radical (unpaired) electrons. The lowest BCUT2D eigenvalue weighted by molar-refractivity contribution is -0.137. The van der Waals surface area contributed by atoms with Gasteiger partial charge in [0.05, 0.1) is 39.3 Å². The molecule has 1 aromatic heterocycles. The zero-order valence-corrected chi connectivity index (χ0v) is 18.8. The van der Waals surface area contributed by atoms with Crippen molar-refractivity contribution in [2.45, 2.75) is 20.1 Å². The molecule has 0 saturated heterocycles. The second kappa shape index (κ2) is 11.5. The van der Waals surface area contributed by atoms with Crippen LogP contribution in [0.3, 0.4) is 0 Å². The highest BCUT2D eigenvalue weighted by atomic mass is 16.5. The highest BCUT2D eigenvalue weighted by Crippen LogP contribution is 2.18. The maximum absolute atomic E-state index is 12.8. The third kappa shape index (κ3) is 6.46. The summed E-state index contributed by atoms with van der Waals surface area (Å²) in [7, 11) is 3.19. The van der Waals surface area contributed by atoms with Crippen LogP contribution in [-0.4, -0.2) is 42.5 Å². The Kier molecular flexibility index (Phi) is 8.24. The summed E-state index contributed by atoms with van der Waals surface area (Å²) in [5.41, 5.74) is 2.46. The summed E-state index contributed by atoms with van der Waals surface area (Å²) in [5.74, 6) is 0.406. The third-order valence-electron chi connectivity index (χ3n) is 4.78. The molecule has 3 aromatic rings. The van der Waals surface area contributed by atoms with E-state index in [1.807, 2.05) is 36.4 Å². The molecular weight excluding hydrogens is 424 g/mol. The maximum Gasteiger partial charge on any atom is 0.342 e. The van der Waals surface area contributed by atoms with Gasteiger partial charge in [0.2, 0.25) is 0 Å². The molecule has 0 fully saturated rings. The summed E-state index contributed by atoms with van der Waals surface area (Å²) in [5, 5.41) is 4.34. The first-order valence-corrected chi connectivity index (χ1v) is 10.4. The summed E-state index contributed by atoms with van der Waals surface area (Å²) in [4.78, 5) is 24.7. The van der Waals surface area contributed by atoms with E-state index < -0.39 is 11.9 Å². The Morgan fingerprint density at radius 2 is 1.52 bits per heavy atom. The predicted molar refractivity (Wildman–Crippen MR) is 122 cm³/mol. The molecule has 8 heteroatoms. The van der Waals surface area contributed by atoms with Crippen molar-refractivity contribution in [1.82, 2.24) is 9.78 Å². The van der Waals surface area contributed by atoms with Gasteiger partial charge in [0, 0.05) is 6.08 Å². The minimum atomic E-state index is -0.546. The molecule has 0 aliphatic carbocycles. The van der Waals surface area contributed by atoms with Gasteiger partial charge in [0.25, 0.3) is 0 Å². The molecule has 0 N–H and O–H groups in total. The van der Waals surface area contributed by atoms with Gasteiger partial charge in [-0.2, -0.15) is 5.10 Å². The molecule has 0 bridgehead atoms. The Hall–Kier alpha value is -4.07. The largest absolute Gasteiger partial charge is 0.497 e. The Morgan fingerprint density at radius 3 is 2.09 bits per heavy atom. The van der Waals surface area contributed by atoms with E-state index in [2.05, 4.69) is 5.10 Å². The lowest BCUT2D eigenvalue weighted by Crippen LogP contribution is -2.09. The van der Waals surface area contributed by atoms with Gasteiger partial charge in [0.1, 0.15) is 23.7 Å². The van der Waals surface area contributed by atoms with Gasteiger partial charge < -0.3 is 18.9 Å². The van der Waals surface area contributed by atoms with Crippen LogP contribution < -0.4 is 9.47 Å². The Morgan fingerprint density at radius 1 is 0.909 bits per heavy atom. The van der Waals surface area contributed by atoms with Gasteiger partial charge >= 0.3 is 11.9 Å². The smallest absolute Gasteiger partial charge is 0.342 e. The minimum absolute atomic E-state index is 0.0908. The Balaban J connectivity index is 1.80. The van der Waals surface area contributed by atoms with Gasteiger partial charge in [-0.3, -0.25) is 4.68 Å². The summed E-state index contributed by atoms with van der Waals surface area (Å²) in [6, 6.07) is 14.7. The van der Waals surface area contributed by atoms with Crippen LogP contribution in [-0.2, 0) is 27.4 Å². The fraction of sp³-hybridized carbons (Fsp3) is 0.240. The zero-order valence-electron chi connectivity index (χ0n) is 18.8. The quantitative estimate of drug-likeness (QED) is 0.342. The predicted octanol–water partition coefficient (Wildman–Crippen LogP) is 3.88. The number of nitrogens with zero attached hydrogens (tertiary/aromatic N) is 2. The monoisotopic (exact) mass is 450 g/mol. The first kappa shape index (κ1) is 23.6. The Bertz CT molecular complexity index is 1100. The van der Waals surface area contributed by atoms with Crippen molar-refractivity contribution >= 4 is 18.0 Å². The molecular formula is C25H26N2O6. The molecule has 0 spiro atoms. The normalized spacial score (nSPS) is 10.8. The van der Waals surface area contributed by atoms with Crippen LogP contribution in [0.1, 0.15) is 34.1 Å². The molecule has 2 aromatic carbocycles. The Labute approximate surface area is 192 Å². The SMILES string of the molecule is CCOC(=O)/C=C/c1c(C(=O)OCc2ccc(OC)cc2)cnn1Cc1ccc(OC)cc1. The fourth-order valence-corrected chi connectivity index (χ4v) is 3.04. The van der Waals surface area contributed by atoms with Crippen LogP contribution in [0, 0.1) is 0 Å². The van der Waals surface area contributed by atoms with E-state index in [-0.39, 0.29) is 18.8 Å². The van der Waals surface area contributed by atoms with E-state index in [1.165, 1.54) is 18.3 Å². The number of hydrogen-bond donors (Lipinski definition) is 0. The first-order valence-electron chi connectivity index (χ1n) is 10.4. The minimum Gasteiger partial charge on any atom is -0.497 e. The molecule has 33 heavy (non-hydrogen) atoms. The van der Waals surface area contributed by atoms with Gasteiger partial charge in [-0.25, -0.2) is 9.59 Å². The van der Waals surface area contributed by atoms with Crippen molar-refractivity contribution < 1.29 is 28.5 Å². The van der Waals surface area contributed by atoms with Crippen molar-refractivity contribution in [3.05, 3.63) is 83.2 Å². The molecule has 8 nitrogen and oxygen atoms in total. The number of esters is 2. The van der Waals surface area contributed by atoms with Crippen LogP contribution in [0.4, 0.5) is 0 Å². The molecule has 0 unspecified atom stereocenters. The second-order valence-electron chi connectivity index (χ2n) is 6.96. The molecule has 0 saturated carbocycles. The van der Waals surface area contributed by atoms with Crippen molar-refractivity contribution in [2.75, 3.05) is 20.8 Å². The van der Waals surface area contributed by atoms with E-state index in [9.17, 15) is 9.59 Å². The molecule has 0 amide bonds. The maximum atomic E-state index is 12.8. The molecule has 0 atom stereocenters.